The molecule has 0 saturated heterocycles. The van der Waals surface area contributed by atoms with E-state index in [9.17, 15) is 9.59 Å². The molecule has 5 nitrogen and oxygen atoms in total. The van der Waals surface area contributed by atoms with Crippen LogP contribution in [0, 0.1) is 0 Å². The highest BCUT2D eigenvalue weighted by Crippen LogP contribution is 2.10. The molecule has 2 amide bonds. The van der Waals surface area contributed by atoms with Gasteiger partial charge in [0.05, 0.1) is 6.10 Å². The first-order chi connectivity index (χ1) is 9.99. The Balaban J connectivity index is 2.24. The third-order valence-corrected chi connectivity index (χ3v) is 2.83. The van der Waals surface area contributed by atoms with Gasteiger partial charge < -0.3 is 15.4 Å². The molecule has 0 aliphatic heterocycles. The van der Waals surface area contributed by atoms with Crippen molar-refractivity contribution in [2.75, 3.05) is 18.5 Å². The second-order valence-electron chi connectivity index (χ2n) is 5.14. The number of nitrogens with one attached hydrogen (secondary N) is 2. The van der Waals surface area contributed by atoms with E-state index in [2.05, 4.69) is 10.6 Å². The number of hydrogen-bond acceptors (Lipinski definition) is 3. The van der Waals surface area contributed by atoms with E-state index in [4.69, 9.17) is 4.74 Å². The van der Waals surface area contributed by atoms with Crippen LogP contribution < -0.4 is 10.6 Å². The number of anilines is 1. The summed E-state index contributed by atoms with van der Waals surface area (Å²) in [7, 11) is 0. The van der Waals surface area contributed by atoms with Crippen molar-refractivity contribution in [3.8, 4) is 0 Å². The lowest BCUT2D eigenvalue weighted by Crippen LogP contribution is -2.29. The number of hydrogen-bond donors (Lipinski definition) is 2. The second-order valence-corrected chi connectivity index (χ2v) is 5.14. The molecule has 0 aliphatic carbocycles. The molecule has 116 valence electrons. The van der Waals surface area contributed by atoms with Gasteiger partial charge in [0.15, 0.2) is 5.78 Å². The number of carbonyl (C=O) groups is 2. The van der Waals surface area contributed by atoms with Crippen molar-refractivity contribution in [2.24, 2.45) is 0 Å². The normalized spacial score (nSPS) is 10.5. The molecule has 2 N–H and O–H groups in total. The smallest absolute Gasteiger partial charge is 0.319 e. The molecule has 0 atom stereocenters. The van der Waals surface area contributed by atoms with Crippen LogP contribution in [0.5, 0.6) is 0 Å². The van der Waals surface area contributed by atoms with Gasteiger partial charge in [-0.1, -0.05) is 12.1 Å². The van der Waals surface area contributed by atoms with Crippen LogP contribution in [-0.2, 0) is 4.74 Å². The molecule has 0 radical (unpaired) electrons. The number of benzene rings is 1. The Labute approximate surface area is 126 Å². The first-order valence-electron chi connectivity index (χ1n) is 7.26. The molecular formula is C16H24N2O3. The molecule has 0 spiro atoms. The number of ketones is 1. The Bertz CT molecular complexity index is 472. The van der Waals surface area contributed by atoms with Gasteiger partial charge in [0.1, 0.15) is 0 Å². The zero-order chi connectivity index (χ0) is 15.7. The third kappa shape index (κ3) is 7.46. The first-order valence-corrected chi connectivity index (χ1v) is 7.26. The predicted molar refractivity (Wildman–Crippen MR) is 83.8 cm³/mol. The number of rotatable bonds is 8. The summed E-state index contributed by atoms with van der Waals surface area (Å²) in [4.78, 5) is 23.0. The van der Waals surface area contributed by atoms with Gasteiger partial charge in [-0.3, -0.25) is 4.79 Å². The lowest BCUT2D eigenvalue weighted by molar-refractivity contribution is 0.0761. The van der Waals surface area contributed by atoms with Gasteiger partial charge in [0, 0.05) is 24.4 Å². The summed E-state index contributed by atoms with van der Waals surface area (Å²) < 4.78 is 5.42. The van der Waals surface area contributed by atoms with Gasteiger partial charge in [-0.2, -0.15) is 0 Å². The summed E-state index contributed by atoms with van der Waals surface area (Å²) in [5.74, 6) is -0.0239. The molecule has 0 saturated carbocycles. The average molecular weight is 292 g/mol. The number of unbranched alkanes of at least 4 members (excludes halogenated alkanes) is 1. The molecule has 0 unspecified atom stereocenters. The number of ether oxygens (including phenoxy) is 1. The van der Waals surface area contributed by atoms with Crippen LogP contribution in [0.3, 0.4) is 0 Å². The number of urea groups is 1. The molecule has 0 bridgehead atoms. The molecular weight excluding hydrogens is 268 g/mol. The van der Waals surface area contributed by atoms with E-state index in [0.717, 1.165) is 12.8 Å². The van der Waals surface area contributed by atoms with E-state index < -0.39 is 0 Å². The van der Waals surface area contributed by atoms with Crippen molar-refractivity contribution >= 4 is 17.5 Å². The van der Waals surface area contributed by atoms with Gasteiger partial charge in [-0.15, -0.1) is 0 Å². The predicted octanol–water partition coefficient (Wildman–Crippen LogP) is 3.22. The van der Waals surface area contributed by atoms with Gasteiger partial charge >= 0.3 is 6.03 Å². The molecule has 0 fully saturated rings. The van der Waals surface area contributed by atoms with E-state index in [1.165, 1.54) is 6.92 Å². The van der Waals surface area contributed by atoms with Crippen molar-refractivity contribution < 1.29 is 14.3 Å². The molecule has 0 aliphatic rings. The zero-order valence-corrected chi connectivity index (χ0v) is 12.9. The summed E-state index contributed by atoms with van der Waals surface area (Å²) in [6, 6.07) is 6.62. The van der Waals surface area contributed by atoms with Crippen LogP contribution in [0.4, 0.5) is 10.5 Å². The fourth-order valence-corrected chi connectivity index (χ4v) is 1.74. The summed E-state index contributed by atoms with van der Waals surface area (Å²) in [5, 5.41) is 5.49. The van der Waals surface area contributed by atoms with Crippen LogP contribution in [0.25, 0.3) is 0 Å². The van der Waals surface area contributed by atoms with Crippen LogP contribution >= 0.6 is 0 Å². The van der Waals surface area contributed by atoms with Gasteiger partial charge in [-0.25, -0.2) is 4.79 Å². The van der Waals surface area contributed by atoms with Crippen molar-refractivity contribution in [1.29, 1.82) is 0 Å². The first kappa shape index (κ1) is 17.2. The Morgan fingerprint density at radius 3 is 2.67 bits per heavy atom. The summed E-state index contributed by atoms with van der Waals surface area (Å²) >= 11 is 0. The van der Waals surface area contributed by atoms with Gasteiger partial charge in [-0.05, 0) is 45.7 Å². The topological polar surface area (TPSA) is 67.4 Å². The molecule has 0 aromatic heterocycles. The fourth-order valence-electron chi connectivity index (χ4n) is 1.74. The lowest BCUT2D eigenvalue weighted by atomic mass is 10.1. The zero-order valence-electron chi connectivity index (χ0n) is 12.9. The molecule has 1 rings (SSSR count). The standard InChI is InChI=1S/C16H24N2O3/c1-12(2)21-10-5-4-9-17-16(20)18-15-8-6-7-14(11-15)13(3)19/h6-8,11-12H,4-5,9-10H2,1-3H3,(H2,17,18,20). The summed E-state index contributed by atoms with van der Waals surface area (Å²) in [5.41, 5.74) is 1.20. The van der Waals surface area contributed by atoms with E-state index in [1.54, 1.807) is 24.3 Å². The maximum atomic E-state index is 11.7. The highest BCUT2D eigenvalue weighted by Gasteiger charge is 2.04. The molecule has 1 aromatic rings. The van der Waals surface area contributed by atoms with E-state index in [0.29, 0.717) is 24.4 Å². The molecule has 0 heterocycles. The number of Topliss-reactive ketones (excluding diaryl/α,β-unsaturated/α-hetero) is 1. The average Bonchev–Trinajstić information content (AvgIpc) is 2.42. The summed E-state index contributed by atoms with van der Waals surface area (Å²) in [6.07, 6.45) is 2.03. The minimum absolute atomic E-state index is 0.0239. The maximum Gasteiger partial charge on any atom is 0.319 e. The Morgan fingerprint density at radius 1 is 1.24 bits per heavy atom. The largest absolute Gasteiger partial charge is 0.379 e. The van der Waals surface area contributed by atoms with Gasteiger partial charge in [0.2, 0.25) is 0 Å². The molecule has 5 heteroatoms. The Hall–Kier alpha value is -1.88. The highest BCUT2D eigenvalue weighted by atomic mass is 16.5. The van der Waals surface area contributed by atoms with Crippen LogP contribution in [0.1, 0.15) is 44.0 Å². The van der Waals surface area contributed by atoms with E-state index in [-0.39, 0.29) is 17.9 Å². The number of amides is 2. The van der Waals surface area contributed by atoms with Crippen molar-refractivity contribution in [3.05, 3.63) is 29.8 Å². The Kier molecular flexibility index (Phi) is 7.46. The highest BCUT2D eigenvalue weighted by molar-refractivity contribution is 5.96. The fraction of sp³-hybridized carbons (Fsp3) is 0.500. The van der Waals surface area contributed by atoms with E-state index in [1.807, 2.05) is 13.8 Å². The molecule has 21 heavy (non-hydrogen) atoms. The number of carbonyl (C=O) groups excluding carboxylic acids is 2. The van der Waals surface area contributed by atoms with Crippen molar-refractivity contribution in [2.45, 2.75) is 39.7 Å². The molecule has 1 aromatic carbocycles. The summed E-state index contributed by atoms with van der Waals surface area (Å²) in [6.45, 7) is 6.81. The maximum absolute atomic E-state index is 11.7. The minimum Gasteiger partial charge on any atom is -0.379 e. The van der Waals surface area contributed by atoms with E-state index >= 15 is 0 Å². The van der Waals surface area contributed by atoms with Crippen LogP contribution in [0.15, 0.2) is 24.3 Å². The van der Waals surface area contributed by atoms with Crippen molar-refractivity contribution in [1.82, 2.24) is 5.32 Å². The quantitative estimate of drug-likeness (QED) is 0.571. The van der Waals surface area contributed by atoms with Crippen molar-refractivity contribution in [3.63, 3.8) is 0 Å². The Morgan fingerprint density at radius 2 is 2.00 bits per heavy atom. The van der Waals surface area contributed by atoms with Gasteiger partial charge in [0.25, 0.3) is 0 Å². The van der Waals surface area contributed by atoms with Crippen LogP contribution in [0.2, 0.25) is 0 Å². The minimum atomic E-state index is -0.263. The monoisotopic (exact) mass is 292 g/mol. The lowest BCUT2D eigenvalue weighted by Gasteiger charge is -2.09. The SMILES string of the molecule is CC(=O)c1cccc(NC(=O)NCCCCOC(C)C)c1. The third-order valence-electron chi connectivity index (χ3n) is 2.83. The second kappa shape index (κ2) is 9.13. The van der Waals surface area contributed by atoms with Crippen LogP contribution in [-0.4, -0.2) is 31.1 Å².